The molecule has 0 aromatic heterocycles. The lowest BCUT2D eigenvalue weighted by Crippen LogP contribution is -2.38. The van der Waals surface area contributed by atoms with Gasteiger partial charge in [0.1, 0.15) is 12.2 Å². The molecular formula is C60H116O7. The van der Waals surface area contributed by atoms with Crippen molar-refractivity contribution in [3.05, 3.63) is 24.3 Å². The first-order chi connectivity index (χ1) is 33.2. The van der Waals surface area contributed by atoms with Gasteiger partial charge < -0.3 is 28.4 Å². The number of ether oxygens (including phenoxy) is 6. The maximum atomic E-state index is 13.3. The maximum Gasteiger partial charge on any atom is 0.308 e. The Bertz CT molecular complexity index is 985. The third kappa shape index (κ3) is 53.9. The minimum atomic E-state index is -0.308. The van der Waals surface area contributed by atoms with Crippen molar-refractivity contribution in [1.29, 1.82) is 0 Å². The van der Waals surface area contributed by atoms with Crippen LogP contribution in [0.4, 0.5) is 0 Å². The van der Waals surface area contributed by atoms with Crippen molar-refractivity contribution in [3.63, 3.8) is 0 Å². The van der Waals surface area contributed by atoms with Crippen LogP contribution < -0.4 is 0 Å². The van der Waals surface area contributed by atoms with Gasteiger partial charge in [0.15, 0.2) is 0 Å². The average Bonchev–Trinajstić information content (AvgIpc) is 3.33. The Morgan fingerprint density at radius 3 is 1.13 bits per heavy atom. The minimum Gasteiger partial charge on any atom is -0.459 e. The van der Waals surface area contributed by atoms with Crippen molar-refractivity contribution >= 4 is 5.97 Å². The van der Waals surface area contributed by atoms with Crippen LogP contribution in [0.5, 0.6) is 0 Å². The predicted molar refractivity (Wildman–Crippen MR) is 289 cm³/mol. The summed E-state index contributed by atoms with van der Waals surface area (Å²) in [5.74, 6) is -0.214. The molecule has 0 N–H and O–H groups in total. The highest BCUT2D eigenvalue weighted by atomic mass is 16.6. The molecule has 0 spiro atoms. The molecule has 2 unspecified atom stereocenters. The molecule has 0 aromatic carbocycles. The van der Waals surface area contributed by atoms with Gasteiger partial charge in [0, 0.05) is 19.8 Å². The van der Waals surface area contributed by atoms with Gasteiger partial charge in [0.2, 0.25) is 0 Å². The van der Waals surface area contributed by atoms with Crippen molar-refractivity contribution in [2.24, 2.45) is 0 Å². The fourth-order valence-corrected chi connectivity index (χ4v) is 8.62. The first-order valence-electron chi connectivity index (χ1n) is 29.6. The van der Waals surface area contributed by atoms with Gasteiger partial charge in [-0.15, -0.1) is 0 Å². The Morgan fingerprint density at radius 1 is 0.343 bits per heavy atom. The zero-order chi connectivity index (χ0) is 48.5. The third-order valence-electron chi connectivity index (χ3n) is 13.0. The van der Waals surface area contributed by atoms with Crippen LogP contribution in [0.25, 0.3) is 0 Å². The van der Waals surface area contributed by atoms with E-state index in [-0.39, 0.29) is 24.6 Å². The number of unbranched alkanes of at least 4 members (excludes halogenated alkanes) is 33. The second kappa shape index (κ2) is 59.1. The van der Waals surface area contributed by atoms with Crippen LogP contribution in [-0.4, -0.2) is 77.6 Å². The lowest BCUT2D eigenvalue weighted by atomic mass is 10.0. The van der Waals surface area contributed by atoms with Gasteiger partial charge in [0.05, 0.1) is 46.1 Å². The summed E-state index contributed by atoms with van der Waals surface area (Å²) in [5.41, 5.74) is 0. The largest absolute Gasteiger partial charge is 0.459 e. The second-order valence-electron chi connectivity index (χ2n) is 19.5. The lowest BCUT2D eigenvalue weighted by molar-refractivity contribution is -0.163. The van der Waals surface area contributed by atoms with Crippen LogP contribution in [-0.2, 0) is 33.2 Å². The van der Waals surface area contributed by atoms with E-state index in [1.807, 2.05) is 6.92 Å². The van der Waals surface area contributed by atoms with Crippen LogP contribution in [0, 0.1) is 0 Å². The quantitative estimate of drug-likeness (QED) is 0.0342. The molecule has 0 aliphatic carbocycles. The van der Waals surface area contributed by atoms with E-state index < -0.39 is 0 Å². The van der Waals surface area contributed by atoms with E-state index in [1.54, 1.807) is 0 Å². The summed E-state index contributed by atoms with van der Waals surface area (Å²) in [6.07, 6.45) is 59.1. The van der Waals surface area contributed by atoms with E-state index in [0.29, 0.717) is 52.9 Å². The van der Waals surface area contributed by atoms with Crippen molar-refractivity contribution in [2.75, 3.05) is 59.5 Å². The molecule has 0 rings (SSSR count). The molecule has 0 amide bonds. The number of rotatable bonds is 58. The van der Waals surface area contributed by atoms with Crippen molar-refractivity contribution in [1.82, 2.24) is 0 Å². The van der Waals surface area contributed by atoms with E-state index in [9.17, 15) is 4.79 Å². The molecule has 7 heteroatoms. The highest BCUT2D eigenvalue weighted by Crippen LogP contribution is 2.19. The SMILES string of the molecule is CCCCCCCC/C=C\CCCCCCCCOCC(OCCCCCCCC/C=C\CCCCCCCC)C(CCCCCCCCCCCC)OC(=O)CCOCCOCCOCC. The van der Waals surface area contributed by atoms with Gasteiger partial charge in [-0.3, -0.25) is 4.79 Å². The zero-order valence-corrected chi connectivity index (χ0v) is 45.5. The monoisotopic (exact) mass is 949 g/mol. The van der Waals surface area contributed by atoms with E-state index in [0.717, 1.165) is 38.7 Å². The Morgan fingerprint density at radius 2 is 0.701 bits per heavy atom. The first kappa shape index (κ1) is 65.8. The highest BCUT2D eigenvalue weighted by molar-refractivity contribution is 5.69. The first-order valence-corrected chi connectivity index (χ1v) is 29.6. The molecule has 67 heavy (non-hydrogen) atoms. The fourth-order valence-electron chi connectivity index (χ4n) is 8.62. The molecule has 398 valence electrons. The summed E-state index contributed by atoms with van der Waals surface area (Å²) >= 11 is 0. The van der Waals surface area contributed by atoms with Gasteiger partial charge in [0.25, 0.3) is 0 Å². The summed E-state index contributed by atoms with van der Waals surface area (Å²) in [4.78, 5) is 13.3. The normalized spacial score (nSPS) is 12.8. The summed E-state index contributed by atoms with van der Waals surface area (Å²) in [7, 11) is 0. The Kier molecular flexibility index (Phi) is 58.0. The van der Waals surface area contributed by atoms with Gasteiger partial charge in [-0.25, -0.2) is 0 Å². The molecule has 0 aliphatic heterocycles. The number of allylic oxidation sites excluding steroid dienone is 4. The number of carbonyl (C=O) groups is 1. The molecule has 0 bridgehead atoms. The minimum absolute atomic E-state index is 0.214. The van der Waals surface area contributed by atoms with Gasteiger partial charge in [-0.1, -0.05) is 218 Å². The van der Waals surface area contributed by atoms with Crippen LogP contribution in [0.15, 0.2) is 24.3 Å². The van der Waals surface area contributed by atoms with Crippen molar-refractivity contribution in [3.8, 4) is 0 Å². The zero-order valence-electron chi connectivity index (χ0n) is 45.5. The topological polar surface area (TPSA) is 72.5 Å². The second-order valence-corrected chi connectivity index (χ2v) is 19.5. The molecule has 2 atom stereocenters. The van der Waals surface area contributed by atoms with Gasteiger partial charge in [-0.05, 0) is 84.0 Å². The van der Waals surface area contributed by atoms with E-state index in [4.69, 9.17) is 28.4 Å². The highest BCUT2D eigenvalue weighted by Gasteiger charge is 2.26. The Balaban J connectivity index is 4.95. The standard InChI is InChI=1S/C60H116O7/c1-5-9-12-15-18-21-24-26-28-30-32-34-37-40-43-46-50-65-57-59(66-51-47-44-41-38-35-33-31-29-27-25-22-19-16-13-10-6-2)58(48-45-42-39-36-23-20-17-14-11-7-3)67-60(61)49-52-63-55-56-64-54-53-62-8-4/h26-29,58-59H,5-25,30-57H2,1-4H3/b28-26-,29-27-. The summed E-state index contributed by atoms with van der Waals surface area (Å²) in [6.45, 7) is 13.8. The molecule has 0 saturated heterocycles. The van der Waals surface area contributed by atoms with Crippen molar-refractivity contribution in [2.45, 2.75) is 297 Å². The molecule has 0 aromatic rings. The smallest absolute Gasteiger partial charge is 0.308 e. The molecule has 0 aliphatic rings. The summed E-state index contributed by atoms with van der Waals surface area (Å²) in [6, 6.07) is 0. The van der Waals surface area contributed by atoms with Crippen LogP contribution in [0.3, 0.4) is 0 Å². The average molecular weight is 950 g/mol. The molecular weight excluding hydrogens is 833 g/mol. The van der Waals surface area contributed by atoms with Crippen LogP contribution in [0.1, 0.15) is 285 Å². The number of hydrogen-bond donors (Lipinski definition) is 0. The number of esters is 1. The third-order valence-corrected chi connectivity index (χ3v) is 13.0. The van der Waals surface area contributed by atoms with E-state index in [2.05, 4.69) is 45.1 Å². The molecule has 0 saturated carbocycles. The molecule has 7 nitrogen and oxygen atoms in total. The number of carbonyl (C=O) groups excluding carboxylic acids is 1. The van der Waals surface area contributed by atoms with Crippen LogP contribution in [0.2, 0.25) is 0 Å². The molecule has 0 heterocycles. The molecule has 0 radical (unpaired) electrons. The van der Waals surface area contributed by atoms with E-state index in [1.165, 1.54) is 218 Å². The predicted octanol–water partition coefficient (Wildman–Crippen LogP) is 18.1. The van der Waals surface area contributed by atoms with Crippen LogP contribution >= 0.6 is 0 Å². The lowest BCUT2D eigenvalue weighted by Gasteiger charge is -2.27. The summed E-state index contributed by atoms with van der Waals surface area (Å²) < 4.78 is 35.8. The van der Waals surface area contributed by atoms with Crippen molar-refractivity contribution < 1.29 is 33.2 Å². The number of hydrogen-bond acceptors (Lipinski definition) is 7. The summed E-state index contributed by atoms with van der Waals surface area (Å²) in [5, 5.41) is 0. The Labute approximate surface area is 418 Å². The molecule has 0 fully saturated rings. The fraction of sp³-hybridized carbons (Fsp3) is 0.917. The van der Waals surface area contributed by atoms with Gasteiger partial charge in [-0.2, -0.15) is 0 Å². The van der Waals surface area contributed by atoms with E-state index >= 15 is 0 Å². The van der Waals surface area contributed by atoms with Gasteiger partial charge >= 0.3 is 5.97 Å². The maximum absolute atomic E-state index is 13.3. The Hall–Kier alpha value is -1.25.